The minimum Gasteiger partial charge on any atom is -0.484 e. The van der Waals surface area contributed by atoms with Gasteiger partial charge < -0.3 is 20.1 Å². The van der Waals surface area contributed by atoms with Gasteiger partial charge in [-0.05, 0) is 86.6 Å². The van der Waals surface area contributed by atoms with Crippen molar-refractivity contribution in [1.82, 2.24) is 0 Å². The van der Waals surface area contributed by atoms with Crippen LogP contribution in [0.2, 0.25) is 0 Å². The first-order valence-corrected chi connectivity index (χ1v) is 18.5. The highest BCUT2D eigenvalue weighted by atomic mass is 16.5. The maximum atomic E-state index is 11.0. The number of benzene rings is 4. The van der Waals surface area contributed by atoms with Gasteiger partial charge in [-0.1, -0.05) is 155 Å². The van der Waals surface area contributed by atoms with Crippen molar-refractivity contribution in [2.75, 3.05) is 19.8 Å². The average molecular weight is 693 g/mol. The molecule has 0 spiro atoms. The highest BCUT2D eigenvalue weighted by molar-refractivity contribution is 5.77. The zero-order valence-electron chi connectivity index (χ0n) is 33.9. The van der Waals surface area contributed by atoms with E-state index in [1.807, 2.05) is 24.3 Å². The number of aliphatic hydroxyl groups excluding tert-OH is 3. The van der Waals surface area contributed by atoms with Crippen LogP contribution in [0.1, 0.15) is 128 Å². The van der Waals surface area contributed by atoms with Crippen molar-refractivity contribution in [1.29, 1.82) is 0 Å². The zero-order chi connectivity index (χ0) is 38.3. The molecule has 4 heteroatoms. The molecule has 0 aromatic heterocycles. The van der Waals surface area contributed by atoms with Crippen LogP contribution < -0.4 is 4.74 Å². The second-order valence-electron chi connectivity index (χ2n) is 18.9. The summed E-state index contributed by atoms with van der Waals surface area (Å²) in [6.45, 7) is 29.6. The molecule has 0 saturated carbocycles. The molecule has 276 valence electrons. The lowest BCUT2D eigenvalue weighted by Gasteiger charge is -2.39. The Morgan fingerprint density at radius 3 is 1.29 bits per heavy atom. The predicted molar refractivity (Wildman–Crippen MR) is 215 cm³/mol. The fourth-order valence-electron chi connectivity index (χ4n) is 6.87. The minimum absolute atomic E-state index is 0.0165. The van der Waals surface area contributed by atoms with E-state index in [0.29, 0.717) is 5.75 Å². The van der Waals surface area contributed by atoms with E-state index in [1.54, 1.807) is 0 Å². The van der Waals surface area contributed by atoms with Gasteiger partial charge in [-0.15, -0.1) is 0 Å². The Balaban J connectivity index is 2.06. The summed E-state index contributed by atoms with van der Waals surface area (Å²) in [5.74, 6) is 0.630. The predicted octanol–water partition coefficient (Wildman–Crippen LogP) is 10.9. The molecule has 4 rings (SSSR count). The van der Waals surface area contributed by atoms with Gasteiger partial charge in [0.25, 0.3) is 0 Å². The van der Waals surface area contributed by atoms with E-state index in [-0.39, 0.29) is 21.7 Å². The van der Waals surface area contributed by atoms with Crippen LogP contribution in [0, 0.1) is 19.3 Å². The monoisotopic (exact) mass is 692 g/mol. The maximum Gasteiger partial charge on any atom is 0.137 e. The third kappa shape index (κ3) is 8.62. The highest BCUT2D eigenvalue weighted by Crippen LogP contribution is 2.48. The second-order valence-corrected chi connectivity index (χ2v) is 18.9. The van der Waals surface area contributed by atoms with Gasteiger partial charge in [0.05, 0.1) is 25.2 Å². The first-order chi connectivity index (χ1) is 23.5. The van der Waals surface area contributed by atoms with Crippen LogP contribution in [-0.2, 0) is 21.7 Å². The molecular formula is C47H64O4. The molecule has 0 fully saturated rings. The van der Waals surface area contributed by atoms with Gasteiger partial charge in [-0.25, -0.2) is 0 Å². The van der Waals surface area contributed by atoms with E-state index in [1.165, 1.54) is 22.3 Å². The Labute approximate surface area is 308 Å². The third-order valence-corrected chi connectivity index (χ3v) is 10.3. The molecule has 3 N–H and O–H groups in total. The first-order valence-electron chi connectivity index (χ1n) is 18.5. The van der Waals surface area contributed by atoms with Gasteiger partial charge in [-0.3, -0.25) is 0 Å². The maximum absolute atomic E-state index is 11.0. The lowest BCUT2D eigenvalue weighted by Crippen LogP contribution is -2.43. The van der Waals surface area contributed by atoms with E-state index in [0.717, 1.165) is 38.9 Å². The van der Waals surface area contributed by atoms with Gasteiger partial charge in [-0.2, -0.15) is 0 Å². The van der Waals surface area contributed by atoms with Crippen molar-refractivity contribution in [3.05, 3.63) is 112 Å². The highest BCUT2D eigenvalue weighted by Gasteiger charge is 2.43. The van der Waals surface area contributed by atoms with Crippen LogP contribution >= 0.6 is 0 Å². The van der Waals surface area contributed by atoms with Crippen molar-refractivity contribution in [2.24, 2.45) is 5.41 Å². The lowest BCUT2D eigenvalue weighted by atomic mass is 9.74. The second kappa shape index (κ2) is 14.5. The Kier molecular flexibility index (Phi) is 11.5. The van der Waals surface area contributed by atoms with Crippen LogP contribution in [0.15, 0.2) is 72.8 Å². The summed E-state index contributed by atoms with van der Waals surface area (Å²) in [6.07, 6.45) is -0.892. The average Bonchev–Trinajstić information content (AvgIpc) is 3.03. The standard InChI is InChI=1S/C47H64O4/c1-30-15-19-36(37(23-30)34-20-17-32(43(3,4)5)25-39(34)45(9,10)11)42(47(27-48,28-49)29-50)51-41-22-16-31(2)24-38(41)35-21-18-33(44(6,7)8)26-40(35)46(12,13)14/h15-26,42,48-50H,27-29H2,1-14H3. The fourth-order valence-corrected chi connectivity index (χ4v) is 6.87. The Morgan fingerprint density at radius 1 is 0.471 bits per heavy atom. The van der Waals surface area contributed by atoms with Gasteiger partial charge in [0.15, 0.2) is 0 Å². The summed E-state index contributed by atoms with van der Waals surface area (Å²) >= 11 is 0. The smallest absolute Gasteiger partial charge is 0.137 e. The van der Waals surface area contributed by atoms with E-state index >= 15 is 0 Å². The Bertz CT molecular complexity index is 1820. The largest absolute Gasteiger partial charge is 0.484 e. The molecule has 0 amide bonds. The number of ether oxygens (including phenoxy) is 1. The molecule has 0 heterocycles. The topological polar surface area (TPSA) is 69.9 Å². The summed E-state index contributed by atoms with van der Waals surface area (Å²) in [5.41, 5.74) is 10.2. The molecule has 0 aliphatic rings. The molecular weight excluding hydrogens is 629 g/mol. The summed E-state index contributed by atoms with van der Waals surface area (Å²) < 4.78 is 7.17. The Hall–Kier alpha value is -3.44. The quantitative estimate of drug-likeness (QED) is 0.163. The van der Waals surface area contributed by atoms with Gasteiger partial charge in [0.1, 0.15) is 11.9 Å². The lowest BCUT2D eigenvalue weighted by molar-refractivity contribution is -0.0738. The van der Waals surface area contributed by atoms with Crippen molar-refractivity contribution in [3.8, 4) is 28.0 Å². The van der Waals surface area contributed by atoms with E-state index in [9.17, 15) is 15.3 Å². The van der Waals surface area contributed by atoms with Gasteiger partial charge in [0.2, 0.25) is 0 Å². The molecule has 4 nitrogen and oxygen atoms in total. The third-order valence-electron chi connectivity index (χ3n) is 10.3. The van der Waals surface area contributed by atoms with E-state index in [2.05, 4.69) is 145 Å². The molecule has 0 radical (unpaired) electrons. The van der Waals surface area contributed by atoms with E-state index in [4.69, 9.17) is 4.74 Å². The summed E-state index contributed by atoms with van der Waals surface area (Å²) in [4.78, 5) is 0. The molecule has 4 aromatic carbocycles. The summed E-state index contributed by atoms with van der Waals surface area (Å²) in [6, 6.07) is 25.9. The van der Waals surface area contributed by atoms with Gasteiger partial charge >= 0.3 is 0 Å². The Morgan fingerprint density at radius 2 is 0.882 bits per heavy atom. The number of rotatable bonds is 9. The molecule has 0 aliphatic carbocycles. The number of hydrogen-bond acceptors (Lipinski definition) is 4. The van der Waals surface area contributed by atoms with Crippen LogP contribution in [0.3, 0.4) is 0 Å². The van der Waals surface area contributed by atoms with Crippen molar-refractivity contribution < 1.29 is 20.1 Å². The normalized spacial score (nSPS) is 13.7. The summed E-state index contributed by atoms with van der Waals surface area (Å²) in [7, 11) is 0. The van der Waals surface area contributed by atoms with Crippen molar-refractivity contribution in [2.45, 2.75) is 125 Å². The first kappa shape index (κ1) is 40.3. The molecule has 0 saturated heterocycles. The minimum atomic E-state index is -1.39. The SMILES string of the molecule is Cc1ccc(OC(c2ccc(C)cc2-c2ccc(C(C)(C)C)cc2C(C)(C)C)C(CO)(CO)CO)c(-c2ccc(C(C)(C)C)cc2C(C)(C)C)c1. The fraction of sp³-hybridized carbons (Fsp3) is 0.489. The molecule has 1 unspecified atom stereocenters. The van der Waals surface area contributed by atoms with Crippen LogP contribution in [-0.4, -0.2) is 35.1 Å². The molecule has 0 aliphatic heterocycles. The summed E-state index contributed by atoms with van der Waals surface area (Å²) in [5, 5.41) is 33.0. The molecule has 51 heavy (non-hydrogen) atoms. The van der Waals surface area contributed by atoms with Crippen molar-refractivity contribution in [3.63, 3.8) is 0 Å². The van der Waals surface area contributed by atoms with Gasteiger partial charge in [0, 0.05) is 11.1 Å². The molecule has 0 bridgehead atoms. The zero-order valence-corrected chi connectivity index (χ0v) is 33.9. The number of aliphatic hydroxyl groups is 3. The number of hydrogen-bond donors (Lipinski definition) is 3. The van der Waals surface area contributed by atoms with Crippen LogP contribution in [0.25, 0.3) is 22.3 Å². The molecule has 4 aromatic rings. The van der Waals surface area contributed by atoms with E-state index < -0.39 is 31.3 Å². The number of aryl methyl sites for hydroxylation is 2. The van der Waals surface area contributed by atoms with Crippen LogP contribution in [0.4, 0.5) is 0 Å². The van der Waals surface area contributed by atoms with Crippen molar-refractivity contribution >= 4 is 0 Å². The van der Waals surface area contributed by atoms with Crippen LogP contribution in [0.5, 0.6) is 5.75 Å². The molecule has 1 atom stereocenters.